The molecule has 0 saturated carbocycles. The summed E-state index contributed by atoms with van der Waals surface area (Å²) in [4.78, 5) is 25.7. The van der Waals surface area contributed by atoms with E-state index in [4.69, 9.17) is 9.15 Å². The number of ether oxygens (including phenoxy) is 2. The van der Waals surface area contributed by atoms with Gasteiger partial charge in [-0.2, -0.15) is 0 Å². The second-order valence-corrected chi connectivity index (χ2v) is 4.57. The molecule has 1 aromatic carbocycles. The number of aromatic nitrogens is 1. The number of H-pyrrole nitrogens is 1. The molecule has 0 unspecified atom stereocenters. The topological polar surface area (TPSA) is 81.5 Å². The molecule has 2 aromatic heterocycles. The predicted molar refractivity (Wildman–Crippen MR) is 78.9 cm³/mol. The minimum atomic E-state index is -0.539. The molecule has 0 aliphatic heterocycles. The highest BCUT2D eigenvalue weighted by molar-refractivity contribution is 5.87. The molecule has 0 bridgehead atoms. The molecule has 0 spiro atoms. The van der Waals surface area contributed by atoms with Gasteiger partial charge in [0.25, 0.3) is 5.56 Å². The summed E-state index contributed by atoms with van der Waals surface area (Å²) in [6.45, 7) is 0.142. The lowest BCUT2D eigenvalue weighted by molar-refractivity contribution is 0.0561. The van der Waals surface area contributed by atoms with E-state index in [0.29, 0.717) is 22.3 Å². The Hall–Kier alpha value is -3.02. The zero-order chi connectivity index (χ0) is 15.5. The first kappa shape index (κ1) is 13.9. The molecule has 112 valence electrons. The Bertz CT molecular complexity index is 877. The quantitative estimate of drug-likeness (QED) is 0.748. The summed E-state index contributed by atoms with van der Waals surface area (Å²) in [5.41, 5.74) is -0.172. The van der Waals surface area contributed by atoms with Gasteiger partial charge in [-0.05, 0) is 30.3 Å². The van der Waals surface area contributed by atoms with E-state index in [1.54, 1.807) is 36.5 Å². The molecule has 0 fully saturated rings. The third-order valence-corrected chi connectivity index (χ3v) is 3.19. The van der Waals surface area contributed by atoms with Crippen LogP contribution >= 0.6 is 0 Å². The van der Waals surface area contributed by atoms with Gasteiger partial charge in [0, 0.05) is 11.6 Å². The van der Waals surface area contributed by atoms with Gasteiger partial charge in [0.05, 0.1) is 12.5 Å². The fourth-order valence-electron chi connectivity index (χ4n) is 2.13. The number of aromatic amines is 1. The Morgan fingerprint density at radius 3 is 2.86 bits per heavy atom. The molecule has 0 radical (unpaired) electrons. The highest BCUT2D eigenvalue weighted by Crippen LogP contribution is 2.24. The summed E-state index contributed by atoms with van der Waals surface area (Å²) < 4.78 is 15.6. The second-order valence-electron chi connectivity index (χ2n) is 4.57. The van der Waals surface area contributed by atoms with E-state index in [-0.39, 0.29) is 17.9 Å². The van der Waals surface area contributed by atoms with Crippen LogP contribution in [0.5, 0.6) is 5.75 Å². The number of esters is 1. The summed E-state index contributed by atoms with van der Waals surface area (Å²) >= 11 is 0. The van der Waals surface area contributed by atoms with E-state index in [1.165, 1.54) is 13.2 Å². The van der Waals surface area contributed by atoms with Crippen LogP contribution in [0.4, 0.5) is 0 Å². The van der Waals surface area contributed by atoms with Crippen LogP contribution in [0.25, 0.3) is 10.8 Å². The lowest BCUT2D eigenvalue weighted by atomic mass is 10.1. The Morgan fingerprint density at radius 1 is 1.18 bits per heavy atom. The van der Waals surface area contributed by atoms with Crippen molar-refractivity contribution in [2.75, 3.05) is 7.11 Å². The molecular weight excluding hydrogens is 286 g/mol. The Kier molecular flexibility index (Phi) is 3.65. The van der Waals surface area contributed by atoms with Crippen LogP contribution in [0.2, 0.25) is 0 Å². The molecule has 0 atom stereocenters. The Balaban J connectivity index is 1.82. The third kappa shape index (κ3) is 2.58. The van der Waals surface area contributed by atoms with Crippen molar-refractivity contribution >= 4 is 16.7 Å². The van der Waals surface area contributed by atoms with Gasteiger partial charge in [0.1, 0.15) is 18.1 Å². The number of rotatable bonds is 4. The van der Waals surface area contributed by atoms with E-state index in [0.717, 1.165) is 0 Å². The van der Waals surface area contributed by atoms with E-state index in [1.807, 2.05) is 0 Å². The molecule has 22 heavy (non-hydrogen) atoms. The maximum absolute atomic E-state index is 11.7. The fraction of sp³-hybridized carbons (Fsp3) is 0.125. The van der Waals surface area contributed by atoms with Crippen molar-refractivity contribution in [3.8, 4) is 5.75 Å². The van der Waals surface area contributed by atoms with Gasteiger partial charge in [-0.3, -0.25) is 4.79 Å². The van der Waals surface area contributed by atoms with E-state index in [9.17, 15) is 9.59 Å². The Morgan fingerprint density at radius 2 is 2.05 bits per heavy atom. The standard InChI is InChI=1S/C16H13NO5/c1-20-16(19)14-6-5-10(22-14)9-21-13-4-2-3-12-11(13)7-8-17-15(12)18/h2-8H,9H2,1H3,(H,17,18). The molecule has 6 heteroatoms. The number of methoxy groups -OCH3 is 1. The van der Waals surface area contributed by atoms with Gasteiger partial charge in [0.2, 0.25) is 5.76 Å². The number of carbonyl (C=O) groups excluding carboxylic acids is 1. The molecule has 3 aromatic rings. The first-order valence-electron chi connectivity index (χ1n) is 6.59. The molecule has 3 rings (SSSR count). The van der Waals surface area contributed by atoms with Crippen molar-refractivity contribution in [3.05, 3.63) is 64.5 Å². The zero-order valence-corrected chi connectivity index (χ0v) is 11.8. The van der Waals surface area contributed by atoms with Gasteiger partial charge in [-0.25, -0.2) is 4.79 Å². The minimum Gasteiger partial charge on any atom is -0.485 e. The van der Waals surface area contributed by atoms with Crippen LogP contribution in [-0.2, 0) is 11.3 Å². The number of pyridine rings is 1. The third-order valence-electron chi connectivity index (χ3n) is 3.19. The first-order valence-corrected chi connectivity index (χ1v) is 6.59. The van der Waals surface area contributed by atoms with Crippen LogP contribution in [0.15, 0.2) is 51.8 Å². The SMILES string of the molecule is COC(=O)c1ccc(COc2cccc3c(=O)[nH]ccc23)o1. The van der Waals surface area contributed by atoms with Crippen molar-refractivity contribution < 1.29 is 18.7 Å². The monoisotopic (exact) mass is 299 g/mol. The summed E-state index contributed by atoms with van der Waals surface area (Å²) in [6, 6.07) is 10.2. The molecule has 1 N–H and O–H groups in total. The highest BCUT2D eigenvalue weighted by Gasteiger charge is 2.12. The molecular formula is C16H13NO5. The average molecular weight is 299 g/mol. The molecule has 0 aliphatic carbocycles. The molecule has 2 heterocycles. The normalized spacial score (nSPS) is 10.6. The van der Waals surface area contributed by atoms with Crippen molar-refractivity contribution in [3.63, 3.8) is 0 Å². The second kappa shape index (κ2) is 5.77. The van der Waals surface area contributed by atoms with Crippen LogP contribution in [0.3, 0.4) is 0 Å². The average Bonchev–Trinajstić information content (AvgIpc) is 3.01. The van der Waals surface area contributed by atoms with Crippen LogP contribution < -0.4 is 10.3 Å². The van der Waals surface area contributed by atoms with Crippen molar-refractivity contribution in [1.29, 1.82) is 0 Å². The number of hydrogen-bond acceptors (Lipinski definition) is 5. The van der Waals surface area contributed by atoms with Gasteiger partial charge < -0.3 is 18.9 Å². The van der Waals surface area contributed by atoms with E-state index < -0.39 is 5.97 Å². The number of carbonyl (C=O) groups is 1. The van der Waals surface area contributed by atoms with Crippen LogP contribution in [0.1, 0.15) is 16.3 Å². The summed E-state index contributed by atoms with van der Waals surface area (Å²) in [7, 11) is 1.29. The van der Waals surface area contributed by atoms with Crippen LogP contribution in [-0.4, -0.2) is 18.1 Å². The number of hydrogen-bond donors (Lipinski definition) is 1. The van der Waals surface area contributed by atoms with Crippen molar-refractivity contribution in [2.24, 2.45) is 0 Å². The predicted octanol–water partition coefficient (Wildman–Crippen LogP) is 2.49. The summed E-state index contributed by atoms with van der Waals surface area (Å²) in [5, 5.41) is 1.26. The minimum absolute atomic E-state index is 0.121. The van der Waals surface area contributed by atoms with Gasteiger partial charge in [-0.15, -0.1) is 0 Å². The lowest BCUT2D eigenvalue weighted by Crippen LogP contribution is -2.05. The van der Waals surface area contributed by atoms with Gasteiger partial charge in [-0.1, -0.05) is 6.07 Å². The maximum atomic E-state index is 11.7. The first-order chi connectivity index (χ1) is 10.7. The van der Waals surface area contributed by atoms with Crippen molar-refractivity contribution in [2.45, 2.75) is 6.61 Å². The van der Waals surface area contributed by atoms with Crippen LogP contribution in [0, 0.1) is 0 Å². The molecule has 0 amide bonds. The van der Waals surface area contributed by atoms with E-state index in [2.05, 4.69) is 9.72 Å². The number of fused-ring (bicyclic) bond motifs is 1. The van der Waals surface area contributed by atoms with Crippen molar-refractivity contribution in [1.82, 2.24) is 4.98 Å². The van der Waals surface area contributed by atoms with E-state index >= 15 is 0 Å². The van der Waals surface area contributed by atoms with Gasteiger partial charge in [0.15, 0.2) is 0 Å². The Labute approximate surface area is 125 Å². The highest BCUT2D eigenvalue weighted by atomic mass is 16.5. The van der Waals surface area contributed by atoms with Gasteiger partial charge >= 0.3 is 5.97 Å². The summed E-state index contributed by atoms with van der Waals surface area (Å²) in [6.07, 6.45) is 1.57. The number of furan rings is 1. The zero-order valence-electron chi connectivity index (χ0n) is 11.8. The summed E-state index contributed by atoms with van der Waals surface area (Å²) in [5.74, 6) is 0.639. The lowest BCUT2D eigenvalue weighted by Gasteiger charge is -2.07. The number of nitrogens with one attached hydrogen (secondary N) is 1. The largest absolute Gasteiger partial charge is 0.485 e. The smallest absolute Gasteiger partial charge is 0.373 e. The number of benzene rings is 1. The molecule has 6 nitrogen and oxygen atoms in total. The molecule has 0 saturated heterocycles. The maximum Gasteiger partial charge on any atom is 0.373 e. The fourth-order valence-corrected chi connectivity index (χ4v) is 2.13. The molecule has 0 aliphatic rings.